The molecular formula is C25H33N3O4. The van der Waals surface area contributed by atoms with Gasteiger partial charge in [-0.15, -0.1) is 0 Å². The van der Waals surface area contributed by atoms with Crippen molar-refractivity contribution >= 4 is 23.2 Å². The van der Waals surface area contributed by atoms with Crippen LogP contribution in [0.25, 0.3) is 0 Å². The lowest BCUT2D eigenvalue weighted by Crippen LogP contribution is -2.33. The fraction of sp³-hybridized carbons (Fsp3) is 0.440. The van der Waals surface area contributed by atoms with Crippen molar-refractivity contribution in [2.24, 2.45) is 0 Å². The zero-order chi connectivity index (χ0) is 22.6. The van der Waals surface area contributed by atoms with Crippen LogP contribution in [0.5, 0.6) is 0 Å². The van der Waals surface area contributed by atoms with Crippen molar-refractivity contribution in [2.75, 3.05) is 50.2 Å². The number of methoxy groups -OCH3 is 1. The van der Waals surface area contributed by atoms with Crippen molar-refractivity contribution in [3.05, 3.63) is 59.7 Å². The van der Waals surface area contributed by atoms with Crippen LogP contribution in [0.2, 0.25) is 0 Å². The number of rotatable bonds is 11. The van der Waals surface area contributed by atoms with Crippen LogP contribution in [0.1, 0.15) is 41.6 Å². The molecular weight excluding hydrogens is 406 g/mol. The molecule has 0 radical (unpaired) electrons. The van der Waals surface area contributed by atoms with Gasteiger partial charge in [-0.25, -0.2) is 0 Å². The Morgan fingerprint density at radius 2 is 1.81 bits per heavy atom. The largest absolute Gasteiger partial charge is 0.385 e. The van der Waals surface area contributed by atoms with E-state index in [4.69, 9.17) is 9.47 Å². The van der Waals surface area contributed by atoms with Crippen LogP contribution in [-0.4, -0.2) is 51.8 Å². The molecule has 0 aliphatic carbocycles. The van der Waals surface area contributed by atoms with Gasteiger partial charge in [0.15, 0.2) is 0 Å². The van der Waals surface area contributed by atoms with Gasteiger partial charge in [-0.2, -0.15) is 0 Å². The summed E-state index contributed by atoms with van der Waals surface area (Å²) in [5, 5.41) is 5.81. The minimum absolute atomic E-state index is 0.0542. The highest BCUT2D eigenvalue weighted by Crippen LogP contribution is 2.27. The third kappa shape index (κ3) is 7.35. The van der Waals surface area contributed by atoms with E-state index in [0.29, 0.717) is 31.0 Å². The summed E-state index contributed by atoms with van der Waals surface area (Å²) in [5.74, 6) is -0.392. The molecule has 0 atom stereocenters. The number of nitrogens with zero attached hydrogens (tertiary/aromatic N) is 1. The molecule has 7 heteroatoms. The standard InChI is InChI=1S/C25H33N3O4/c1-31-16-8-13-26-25(30)22-17-21(11-12-23(22)28-14-6-3-7-15-28)27-24(29)19-32-18-20-9-4-2-5-10-20/h2,4-5,9-12,17H,3,6-8,13-16,18-19H2,1H3,(H,26,30)(H,27,29). The van der Waals surface area contributed by atoms with E-state index in [1.807, 2.05) is 42.5 Å². The van der Waals surface area contributed by atoms with Gasteiger partial charge in [0.1, 0.15) is 6.61 Å². The summed E-state index contributed by atoms with van der Waals surface area (Å²) in [6, 6.07) is 15.2. The molecule has 0 aromatic heterocycles. The third-order valence-corrected chi connectivity index (χ3v) is 5.38. The Hall–Kier alpha value is -2.90. The molecule has 1 aliphatic rings. The average Bonchev–Trinajstić information content (AvgIpc) is 2.83. The van der Waals surface area contributed by atoms with Crippen LogP contribution in [0.3, 0.4) is 0 Å². The Labute approximate surface area is 190 Å². The van der Waals surface area contributed by atoms with Gasteiger partial charge in [0.25, 0.3) is 5.91 Å². The maximum atomic E-state index is 12.9. The normalized spacial score (nSPS) is 13.6. The Balaban J connectivity index is 1.63. The molecule has 1 fully saturated rings. The molecule has 7 nitrogen and oxygen atoms in total. The number of hydrogen-bond donors (Lipinski definition) is 2. The molecule has 2 aromatic carbocycles. The molecule has 1 aliphatic heterocycles. The molecule has 0 bridgehead atoms. The Kier molecular flexibility index (Phi) is 9.53. The number of piperidine rings is 1. The molecule has 1 saturated heterocycles. The van der Waals surface area contributed by atoms with Crippen molar-refractivity contribution < 1.29 is 19.1 Å². The zero-order valence-corrected chi connectivity index (χ0v) is 18.8. The van der Waals surface area contributed by atoms with E-state index < -0.39 is 0 Å². The number of benzene rings is 2. The van der Waals surface area contributed by atoms with E-state index in [9.17, 15) is 9.59 Å². The second-order valence-electron chi connectivity index (χ2n) is 7.91. The van der Waals surface area contributed by atoms with Gasteiger partial charge in [-0.05, 0) is 49.4 Å². The van der Waals surface area contributed by atoms with E-state index in [-0.39, 0.29) is 18.4 Å². The van der Waals surface area contributed by atoms with Gasteiger partial charge in [0, 0.05) is 44.7 Å². The van der Waals surface area contributed by atoms with E-state index in [1.54, 1.807) is 13.2 Å². The lowest BCUT2D eigenvalue weighted by atomic mass is 10.1. The smallest absolute Gasteiger partial charge is 0.253 e. The zero-order valence-electron chi connectivity index (χ0n) is 18.8. The van der Waals surface area contributed by atoms with Gasteiger partial charge >= 0.3 is 0 Å². The lowest BCUT2D eigenvalue weighted by Gasteiger charge is -2.30. The predicted molar refractivity (Wildman–Crippen MR) is 126 cm³/mol. The fourth-order valence-corrected chi connectivity index (χ4v) is 3.75. The highest BCUT2D eigenvalue weighted by atomic mass is 16.5. The summed E-state index contributed by atoms with van der Waals surface area (Å²) >= 11 is 0. The topological polar surface area (TPSA) is 79.9 Å². The Morgan fingerprint density at radius 3 is 2.56 bits per heavy atom. The second kappa shape index (κ2) is 12.8. The first kappa shape index (κ1) is 23.8. The molecule has 2 N–H and O–H groups in total. The van der Waals surface area contributed by atoms with Crippen molar-refractivity contribution in [3.8, 4) is 0 Å². The number of amides is 2. The highest BCUT2D eigenvalue weighted by molar-refractivity contribution is 6.02. The molecule has 2 aromatic rings. The first-order valence-electron chi connectivity index (χ1n) is 11.2. The highest BCUT2D eigenvalue weighted by Gasteiger charge is 2.19. The van der Waals surface area contributed by atoms with E-state index in [2.05, 4.69) is 15.5 Å². The van der Waals surface area contributed by atoms with Crippen LogP contribution in [0.4, 0.5) is 11.4 Å². The van der Waals surface area contributed by atoms with Crippen LogP contribution in [0, 0.1) is 0 Å². The van der Waals surface area contributed by atoms with Gasteiger partial charge in [0.2, 0.25) is 5.91 Å². The molecule has 172 valence electrons. The number of carbonyl (C=O) groups is 2. The maximum Gasteiger partial charge on any atom is 0.253 e. The maximum absolute atomic E-state index is 12.9. The summed E-state index contributed by atoms with van der Waals surface area (Å²) < 4.78 is 10.6. The predicted octanol–water partition coefficient (Wildman–Crippen LogP) is 3.60. The van der Waals surface area contributed by atoms with E-state index in [0.717, 1.165) is 43.6 Å². The van der Waals surface area contributed by atoms with Crippen molar-refractivity contribution in [3.63, 3.8) is 0 Å². The molecule has 2 amide bonds. The van der Waals surface area contributed by atoms with Crippen molar-refractivity contribution in [1.82, 2.24) is 5.32 Å². The van der Waals surface area contributed by atoms with Crippen LogP contribution >= 0.6 is 0 Å². The number of hydrogen-bond acceptors (Lipinski definition) is 5. The molecule has 1 heterocycles. The molecule has 0 spiro atoms. The Bertz CT molecular complexity index is 867. The van der Waals surface area contributed by atoms with Gasteiger partial charge in [-0.1, -0.05) is 30.3 Å². The molecule has 3 rings (SSSR count). The summed E-state index contributed by atoms with van der Waals surface area (Å²) in [7, 11) is 1.64. The fourth-order valence-electron chi connectivity index (χ4n) is 3.75. The summed E-state index contributed by atoms with van der Waals surface area (Å²) in [6.07, 6.45) is 4.20. The van der Waals surface area contributed by atoms with Gasteiger partial charge < -0.3 is 25.0 Å². The summed E-state index contributed by atoms with van der Waals surface area (Å²) in [6.45, 7) is 3.32. The second-order valence-corrected chi connectivity index (χ2v) is 7.91. The third-order valence-electron chi connectivity index (χ3n) is 5.38. The average molecular weight is 440 g/mol. The quantitative estimate of drug-likeness (QED) is 0.523. The monoisotopic (exact) mass is 439 g/mol. The number of nitrogens with one attached hydrogen (secondary N) is 2. The van der Waals surface area contributed by atoms with Crippen molar-refractivity contribution in [1.29, 1.82) is 0 Å². The molecule has 0 unspecified atom stereocenters. The lowest BCUT2D eigenvalue weighted by molar-refractivity contribution is -0.121. The van der Waals surface area contributed by atoms with Crippen LogP contribution < -0.4 is 15.5 Å². The van der Waals surface area contributed by atoms with Gasteiger partial charge in [-0.3, -0.25) is 9.59 Å². The first-order valence-corrected chi connectivity index (χ1v) is 11.2. The van der Waals surface area contributed by atoms with Gasteiger partial charge in [0.05, 0.1) is 12.2 Å². The Morgan fingerprint density at radius 1 is 1.03 bits per heavy atom. The SMILES string of the molecule is COCCCNC(=O)c1cc(NC(=O)COCc2ccccc2)ccc1N1CCCCC1. The van der Waals surface area contributed by atoms with Crippen LogP contribution in [0.15, 0.2) is 48.5 Å². The summed E-state index contributed by atoms with van der Waals surface area (Å²) in [5.41, 5.74) is 3.08. The van der Waals surface area contributed by atoms with Crippen molar-refractivity contribution in [2.45, 2.75) is 32.3 Å². The number of carbonyl (C=O) groups excluding carboxylic acids is 2. The number of ether oxygens (including phenoxy) is 2. The first-order chi connectivity index (χ1) is 15.7. The van der Waals surface area contributed by atoms with E-state index in [1.165, 1.54) is 6.42 Å². The molecule has 32 heavy (non-hydrogen) atoms. The summed E-state index contributed by atoms with van der Waals surface area (Å²) in [4.78, 5) is 27.5. The van der Waals surface area contributed by atoms with E-state index >= 15 is 0 Å². The van der Waals surface area contributed by atoms with Crippen LogP contribution in [-0.2, 0) is 20.9 Å². The molecule has 0 saturated carbocycles. The minimum Gasteiger partial charge on any atom is -0.385 e. The minimum atomic E-state index is -0.252. The number of anilines is 2.